The van der Waals surface area contributed by atoms with E-state index in [1.54, 1.807) is 0 Å². The molecule has 23 heavy (non-hydrogen) atoms. The van der Waals surface area contributed by atoms with Crippen molar-refractivity contribution in [3.8, 4) is 0 Å². The summed E-state index contributed by atoms with van der Waals surface area (Å²) in [6.07, 6.45) is 2.19. The van der Waals surface area contributed by atoms with E-state index in [9.17, 15) is 14.9 Å². The monoisotopic (exact) mass is 335 g/mol. The third-order valence-corrected chi connectivity index (χ3v) is 3.97. The van der Waals surface area contributed by atoms with Gasteiger partial charge in [-0.25, -0.2) is 0 Å². The molecule has 1 aliphatic carbocycles. The molecule has 1 saturated carbocycles. The van der Waals surface area contributed by atoms with Crippen molar-refractivity contribution in [1.82, 2.24) is 20.1 Å². The fraction of sp³-hybridized carbons (Fsp3) is 0.357. The van der Waals surface area contributed by atoms with E-state index in [2.05, 4.69) is 15.5 Å². The largest absolute Gasteiger partial charge is 0.345 e. The number of halogens is 1. The van der Waals surface area contributed by atoms with Gasteiger partial charge in [0.05, 0.1) is 11.5 Å². The quantitative estimate of drug-likeness (QED) is 0.667. The number of aryl methyl sites for hydroxylation is 1. The molecule has 0 aliphatic heterocycles. The van der Waals surface area contributed by atoms with Crippen LogP contribution in [0.2, 0.25) is 5.02 Å². The summed E-state index contributed by atoms with van der Waals surface area (Å²) in [4.78, 5) is 22.3. The third-order valence-electron chi connectivity index (χ3n) is 3.66. The lowest BCUT2D eigenvalue weighted by molar-refractivity contribution is -0.384. The molecule has 120 valence electrons. The van der Waals surface area contributed by atoms with E-state index in [4.69, 9.17) is 11.6 Å². The molecule has 1 aliphatic rings. The first-order valence-corrected chi connectivity index (χ1v) is 7.47. The van der Waals surface area contributed by atoms with Crippen LogP contribution in [0.3, 0.4) is 0 Å². The van der Waals surface area contributed by atoms with Gasteiger partial charge in [-0.15, -0.1) is 10.2 Å². The molecule has 0 spiro atoms. The van der Waals surface area contributed by atoms with Crippen molar-refractivity contribution in [3.63, 3.8) is 0 Å². The summed E-state index contributed by atoms with van der Waals surface area (Å²) < 4.78 is 2.03. The summed E-state index contributed by atoms with van der Waals surface area (Å²) in [7, 11) is 0. The van der Waals surface area contributed by atoms with Gasteiger partial charge in [-0.3, -0.25) is 14.9 Å². The van der Waals surface area contributed by atoms with Gasteiger partial charge >= 0.3 is 0 Å². The van der Waals surface area contributed by atoms with Crippen LogP contribution >= 0.6 is 11.6 Å². The zero-order valence-electron chi connectivity index (χ0n) is 12.3. The summed E-state index contributed by atoms with van der Waals surface area (Å²) in [6, 6.07) is 4.29. The first kappa shape index (κ1) is 15.4. The number of carbonyl (C=O) groups is 1. The molecular weight excluding hydrogens is 322 g/mol. The second kappa shape index (κ2) is 5.96. The van der Waals surface area contributed by atoms with Crippen molar-refractivity contribution in [2.24, 2.45) is 0 Å². The Morgan fingerprint density at radius 1 is 1.48 bits per heavy atom. The number of nitro benzene ring substituents is 1. The number of nitro groups is 1. The van der Waals surface area contributed by atoms with Gasteiger partial charge < -0.3 is 9.88 Å². The molecule has 0 atom stereocenters. The van der Waals surface area contributed by atoms with Crippen molar-refractivity contribution in [3.05, 3.63) is 50.5 Å². The van der Waals surface area contributed by atoms with Crippen LogP contribution in [-0.2, 0) is 6.54 Å². The lowest BCUT2D eigenvalue weighted by Gasteiger charge is -2.08. The van der Waals surface area contributed by atoms with Crippen LogP contribution in [0.1, 0.15) is 40.9 Å². The Morgan fingerprint density at radius 2 is 2.22 bits per heavy atom. The van der Waals surface area contributed by atoms with Gasteiger partial charge in [0.1, 0.15) is 10.8 Å². The number of hydrogen-bond acceptors (Lipinski definition) is 5. The lowest BCUT2D eigenvalue weighted by Crippen LogP contribution is -2.24. The van der Waals surface area contributed by atoms with E-state index in [-0.39, 0.29) is 28.7 Å². The molecule has 3 rings (SSSR count). The molecule has 1 fully saturated rings. The minimum atomic E-state index is -0.592. The molecule has 1 N–H and O–H groups in total. The minimum Gasteiger partial charge on any atom is -0.345 e. The average molecular weight is 336 g/mol. The summed E-state index contributed by atoms with van der Waals surface area (Å²) in [5, 5.41) is 21.5. The van der Waals surface area contributed by atoms with Gasteiger partial charge in [0.2, 0.25) is 0 Å². The molecule has 2 aromatic rings. The van der Waals surface area contributed by atoms with Crippen LogP contribution in [-0.4, -0.2) is 25.6 Å². The van der Waals surface area contributed by atoms with Crippen molar-refractivity contribution in [2.45, 2.75) is 32.4 Å². The van der Waals surface area contributed by atoms with E-state index < -0.39 is 4.92 Å². The zero-order valence-corrected chi connectivity index (χ0v) is 13.1. The van der Waals surface area contributed by atoms with Crippen LogP contribution in [0.4, 0.5) is 5.69 Å². The molecule has 1 amide bonds. The Labute approximate surface area is 136 Å². The summed E-state index contributed by atoms with van der Waals surface area (Å²) in [6.45, 7) is 2.12. The molecule has 9 heteroatoms. The molecule has 1 aromatic heterocycles. The van der Waals surface area contributed by atoms with Crippen molar-refractivity contribution >= 4 is 23.2 Å². The zero-order chi connectivity index (χ0) is 16.6. The lowest BCUT2D eigenvalue weighted by atomic mass is 10.2. The number of aromatic nitrogens is 3. The molecule has 0 bridgehead atoms. The Bertz CT molecular complexity index is 785. The van der Waals surface area contributed by atoms with Crippen LogP contribution in [0, 0.1) is 17.0 Å². The van der Waals surface area contributed by atoms with E-state index in [0.717, 1.165) is 18.7 Å². The van der Waals surface area contributed by atoms with E-state index in [1.807, 2.05) is 11.5 Å². The van der Waals surface area contributed by atoms with E-state index in [0.29, 0.717) is 11.9 Å². The topological polar surface area (TPSA) is 103 Å². The highest BCUT2D eigenvalue weighted by Crippen LogP contribution is 2.36. The number of amides is 1. The molecule has 0 radical (unpaired) electrons. The minimum absolute atomic E-state index is 0.0698. The van der Waals surface area contributed by atoms with Gasteiger partial charge in [0.15, 0.2) is 5.82 Å². The summed E-state index contributed by atoms with van der Waals surface area (Å²) >= 11 is 5.82. The van der Waals surface area contributed by atoms with Crippen molar-refractivity contribution in [2.75, 3.05) is 0 Å². The smallest absolute Gasteiger partial charge is 0.287 e. The predicted molar refractivity (Wildman–Crippen MR) is 82.3 cm³/mol. The molecule has 8 nitrogen and oxygen atoms in total. The van der Waals surface area contributed by atoms with Crippen molar-refractivity contribution < 1.29 is 9.72 Å². The number of nitrogens with zero attached hydrogens (tertiary/aromatic N) is 4. The Kier molecular flexibility index (Phi) is 3.99. The fourth-order valence-electron chi connectivity index (χ4n) is 2.40. The highest BCUT2D eigenvalue weighted by Gasteiger charge is 2.28. The molecular formula is C14H14ClN5O3. The average Bonchev–Trinajstić information content (AvgIpc) is 3.27. The van der Waals surface area contributed by atoms with Crippen LogP contribution in [0.25, 0.3) is 0 Å². The first-order valence-electron chi connectivity index (χ1n) is 7.10. The fourth-order valence-corrected chi connectivity index (χ4v) is 2.65. The number of benzene rings is 1. The number of carbonyl (C=O) groups excluding carboxylic acids is 1. The summed E-state index contributed by atoms with van der Waals surface area (Å²) in [5.41, 5.74) is 0.0297. The predicted octanol–water partition coefficient (Wildman–Crippen LogP) is 2.41. The molecule has 0 saturated heterocycles. The Balaban J connectivity index is 1.70. The number of rotatable bonds is 5. The SMILES string of the molecule is Cc1nnc(CNC(=O)c2ccc([N+](=O)[O-])c(Cl)c2)n1C1CC1. The second-order valence-corrected chi connectivity index (χ2v) is 5.78. The molecule has 1 aromatic carbocycles. The maximum absolute atomic E-state index is 12.2. The Hall–Kier alpha value is -2.48. The number of hydrogen-bond donors (Lipinski definition) is 1. The van der Waals surface area contributed by atoms with E-state index >= 15 is 0 Å². The van der Waals surface area contributed by atoms with Gasteiger partial charge in [0, 0.05) is 17.7 Å². The van der Waals surface area contributed by atoms with Crippen LogP contribution < -0.4 is 5.32 Å². The van der Waals surface area contributed by atoms with Gasteiger partial charge in [-0.2, -0.15) is 0 Å². The molecule has 0 unspecified atom stereocenters. The van der Waals surface area contributed by atoms with Gasteiger partial charge in [0.25, 0.3) is 11.6 Å². The van der Waals surface area contributed by atoms with Crippen LogP contribution in [0.5, 0.6) is 0 Å². The van der Waals surface area contributed by atoms with E-state index in [1.165, 1.54) is 18.2 Å². The van der Waals surface area contributed by atoms with Gasteiger partial charge in [-0.05, 0) is 31.9 Å². The highest BCUT2D eigenvalue weighted by molar-refractivity contribution is 6.33. The molecule has 1 heterocycles. The third kappa shape index (κ3) is 3.16. The Morgan fingerprint density at radius 3 is 2.83 bits per heavy atom. The number of nitrogens with one attached hydrogen (secondary N) is 1. The normalized spacial score (nSPS) is 13.8. The second-order valence-electron chi connectivity index (χ2n) is 5.37. The summed E-state index contributed by atoms with van der Waals surface area (Å²) in [5.74, 6) is 1.16. The maximum Gasteiger partial charge on any atom is 0.287 e. The maximum atomic E-state index is 12.2. The van der Waals surface area contributed by atoms with Crippen molar-refractivity contribution in [1.29, 1.82) is 0 Å². The standard InChI is InChI=1S/C14H14ClN5O3/c1-8-17-18-13(19(8)10-3-4-10)7-16-14(21)9-2-5-12(20(22)23)11(15)6-9/h2,5-6,10H,3-4,7H2,1H3,(H,16,21). The van der Waals surface area contributed by atoms with Gasteiger partial charge in [-0.1, -0.05) is 11.6 Å². The first-order chi connectivity index (χ1) is 11.0. The van der Waals surface area contributed by atoms with Crippen LogP contribution in [0.15, 0.2) is 18.2 Å². The highest BCUT2D eigenvalue weighted by atomic mass is 35.5.